The van der Waals surface area contributed by atoms with Crippen LogP contribution >= 0.6 is 58.4 Å². The minimum Gasteiger partial charge on any atom is -0.480 e. The van der Waals surface area contributed by atoms with Crippen LogP contribution in [0.2, 0.25) is 0 Å². The van der Waals surface area contributed by atoms with Gasteiger partial charge in [-0.15, -0.1) is 22.7 Å². The summed E-state index contributed by atoms with van der Waals surface area (Å²) in [7, 11) is 0. The summed E-state index contributed by atoms with van der Waals surface area (Å²) in [6.07, 6.45) is 3.28. The zero-order chi connectivity index (χ0) is 31.9. The zero-order valence-corrected chi connectivity index (χ0v) is 26.5. The molecule has 1 fully saturated rings. The Kier molecular flexibility index (Phi) is 8.98. The van der Waals surface area contributed by atoms with Gasteiger partial charge in [-0.2, -0.15) is 0 Å². The number of thiazole rings is 2. The average Bonchev–Trinajstić information content (AvgIpc) is 3.65. The number of para-hydroxylation sites is 1. The summed E-state index contributed by atoms with van der Waals surface area (Å²) in [5, 5.41) is 29.1. The van der Waals surface area contributed by atoms with Crippen molar-refractivity contribution in [3.8, 4) is 0 Å². The van der Waals surface area contributed by atoms with Crippen molar-refractivity contribution in [3.05, 3.63) is 74.5 Å². The predicted octanol–water partition coefficient (Wildman–Crippen LogP) is 0.896. The first-order valence-electron chi connectivity index (χ1n) is 12.5. The molecule has 1 aromatic carbocycles. The highest BCUT2D eigenvalue weighted by Crippen LogP contribution is 2.45. The molecule has 44 heavy (non-hydrogen) atoms. The lowest BCUT2D eigenvalue weighted by Crippen LogP contribution is -2.35. The number of nitrogens with zero attached hydrogens (tertiary/aromatic N) is 4. The maximum atomic E-state index is 13.6. The lowest BCUT2D eigenvalue weighted by Gasteiger charge is -2.17. The second-order valence-electron chi connectivity index (χ2n) is 9.05. The van der Waals surface area contributed by atoms with Gasteiger partial charge in [0.25, 0.3) is 17.0 Å². The van der Waals surface area contributed by atoms with Gasteiger partial charge in [0.2, 0.25) is 0 Å². The number of carboxylic acids is 3. The first-order valence-corrected chi connectivity index (χ1v) is 16.2. The van der Waals surface area contributed by atoms with E-state index in [-0.39, 0.29) is 27.6 Å². The second-order valence-corrected chi connectivity index (χ2v) is 13.8. The number of carbonyl (C=O) groups is 4. The van der Waals surface area contributed by atoms with Crippen molar-refractivity contribution in [1.29, 1.82) is 0 Å². The third-order valence-corrected chi connectivity index (χ3v) is 11.4. The van der Waals surface area contributed by atoms with Crippen LogP contribution in [0.15, 0.2) is 49.9 Å². The van der Waals surface area contributed by atoms with Crippen molar-refractivity contribution >= 4 is 103 Å². The minimum atomic E-state index is -1.40. The second kappa shape index (κ2) is 12.6. The third kappa shape index (κ3) is 5.90. The number of amides is 1. The molecule has 0 aliphatic carbocycles. The van der Waals surface area contributed by atoms with Crippen LogP contribution < -0.4 is 25.2 Å². The zero-order valence-electron chi connectivity index (χ0n) is 22.4. The summed E-state index contributed by atoms with van der Waals surface area (Å²) in [4.78, 5) is 78.6. The van der Waals surface area contributed by atoms with Crippen LogP contribution in [0.5, 0.6) is 0 Å². The van der Waals surface area contributed by atoms with Crippen molar-refractivity contribution in [2.75, 3.05) is 18.0 Å². The maximum absolute atomic E-state index is 13.6. The van der Waals surface area contributed by atoms with Crippen molar-refractivity contribution in [1.82, 2.24) is 14.0 Å². The monoisotopic (exact) mass is 692 g/mol. The number of rotatable bonds is 8. The minimum absolute atomic E-state index is 0.0295. The molecule has 13 nitrogen and oxygen atoms in total. The van der Waals surface area contributed by atoms with Crippen LogP contribution in [-0.2, 0) is 32.3 Å². The number of fused-ring (bicyclic) bond motifs is 1. The van der Waals surface area contributed by atoms with Crippen LogP contribution in [-0.4, -0.2) is 70.6 Å². The molecule has 4 heterocycles. The lowest BCUT2D eigenvalue weighted by atomic mass is 10.3. The molecular formula is C26H20N4O9S5. The number of carboxylic acid groups (broad SMARTS) is 3. The fourth-order valence-electron chi connectivity index (χ4n) is 4.42. The van der Waals surface area contributed by atoms with E-state index in [1.54, 1.807) is 12.2 Å². The number of carbonyl (C=O) groups excluding carboxylic acids is 1. The summed E-state index contributed by atoms with van der Waals surface area (Å²) in [5.41, 5.74) is -0.516. The van der Waals surface area contributed by atoms with E-state index in [1.165, 1.54) is 11.8 Å². The summed E-state index contributed by atoms with van der Waals surface area (Å²) < 4.78 is 1.50. The number of allylic oxidation sites excluding steroid dienone is 1. The fraction of sp³-hybridized carbons (Fsp3) is 0.192. The Morgan fingerprint density at radius 3 is 2.09 bits per heavy atom. The fourth-order valence-corrected chi connectivity index (χ4v) is 9.28. The smallest absolute Gasteiger partial charge is 0.323 e. The van der Waals surface area contributed by atoms with E-state index < -0.39 is 54.6 Å². The SMILES string of the molecule is CCN1/C(=C\C=c2\s/c(=c3\s/c(=C4\SC(=S)N(CC(=O)O)C4=O)n(CC(=O)O)c3=O)n(CC(=O)O)c2=O)Sc2ccccc21. The average molecular weight is 693 g/mol. The molecule has 228 valence electrons. The molecule has 0 spiro atoms. The molecule has 1 amide bonds. The van der Waals surface area contributed by atoms with Gasteiger partial charge in [-0.3, -0.25) is 42.8 Å². The Bertz CT molecular complexity index is 2140. The van der Waals surface area contributed by atoms with E-state index in [0.717, 1.165) is 41.0 Å². The van der Waals surface area contributed by atoms with Gasteiger partial charge in [0.15, 0.2) is 0 Å². The van der Waals surface area contributed by atoms with Gasteiger partial charge in [0.05, 0.1) is 15.2 Å². The number of hydrogen-bond acceptors (Lipinski definition) is 12. The van der Waals surface area contributed by atoms with E-state index in [9.17, 15) is 39.0 Å². The van der Waals surface area contributed by atoms with E-state index in [1.807, 2.05) is 31.2 Å². The number of aromatic nitrogens is 2. The number of aliphatic carboxylic acids is 3. The van der Waals surface area contributed by atoms with Gasteiger partial charge < -0.3 is 20.2 Å². The number of thiocarbonyl (C=S) groups is 1. The molecule has 2 aliphatic rings. The molecule has 0 unspecified atom stereocenters. The van der Waals surface area contributed by atoms with Crippen LogP contribution in [0.3, 0.4) is 0 Å². The first kappa shape index (κ1) is 31.5. The van der Waals surface area contributed by atoms with Gasteiger partial charge in [0.1, 0.15) is 42.7 Å². The molecule has 3 N–H and O–H groups in total. The molecule has 18 heteroatoms. The van der Waals surface area contributed by atoms with E-state index in [4.69, 9.17) is 17.3 Å². The molecule has 0 atom stereocenters. The predicted molar refractivity (Wildman–Crippen MR) is 170 cm³/mol. The summed E-state index contributed by atoms with van der Waals surface area (Å²) >= 11 is 8.92. The molecule has 1 saturated heterocycles. The van der Waals surface area contributed by atoms with Gasteiger partial charge in [0, 0.05) is 11.4 Å². The number of anilines is 1. The Morgan fingerprint density at radius 1 is 0.818 bits per heavy atom. The highest BCUT2D eigenvalue weighted by molar-refractivity contribution is 8.30. The molecule has 5 rings (SSSR count). The van der Waals surface area contributed by atoms with Gasteiger partial charge >= 0.3 is 17.9 Å². The van der Waals surface area contributed by atoms with E-state index >= 15 is 0 Å². The van der Waals surface area contributed by atoms with Crippen molar-refractivity contribution < 1.29 is 34.5 Å². The summed E-state index contributed by atoms with van der Waals surface area (Å²) in [6, 6.07) is 7.79. The third-order valence-electron chi connectivity index (χ3n) is 6.24. The van der Waals surface area contributed by atoms with Gasteiger partial charge in [-0.25, -0.2) is 0 Å². The Balaban J connectivity index is 1.78. The van der Waals surface area contributed by atoms with E-state index in [2.05, 4.69) is 4.90 Å². The Labute approximate surface area is 268 Å². The standard InChI is InChI=1S/C26H20N4O9S5/c1-2-27-12-5-3-4-6-13(12)41-15(27)8-7-14-21(37)28(9-16(31)32)24(42-14)19-22(38)29(10-17(33)34)25(43-19)20-23(39)30(11-18(35)36)26(40)44-20/h3-8H,2,9-11H2,1H3,(H,31,32)(H,33,34)(H,35,36)/b14-7+,15-8+,24-19-,25-20-. The number of benzene rings is 1. The van der Waals surface area contributed by atoms with Crippen LogP contribution in [0.4, 0.5) is 5.69 Å². The topological polar surface area (TPSA) is 179 Å². The normalized spacial score (nSPS) is 18.0. The summed E-state index contributed by atoms with van der Waals surface area (Å²) in [6.45, 7) is 0.286. The largest absolute Gasteiger partial charge is 0.480 e. The van der Waals surface area contributed by atoms with Gasteiger partial charge in [-0.05, 0) is 31.2 Å². The molecule has 2 aliphatic heterocycles. The van der Waals surface area contributed by atoms with Crippen molar-refractivity contribution in [3.63, 3.8) is 0 Å². The van der Waals surface area contributed by atoms with Crippen molar-refractivity contribution in [2.45, 2.75) is 24.9 Å². The number of hydrogen-bond donors (Lipinski definition) is 3. The highest BCUT2D eigenvalue weighted by Gasteiger charge is 2.35. The van der Waals surface area contributed by atoms with Crippen LogP contribution in [0.1, 0.15) is 6.92 Å². The molecule has 3 aromatic rings. The Morgan fingerprint density at radius 2 is 1.45 bits per heavy atom. The van der Waals surface area contributed by atoms with Crippen LogP contribution in [0, 0.1) is 9.20 Å². The number of thioether (sulfide) groups is 2. The van der Waals surface area contributed by atoms with Gasteiger partial charge in [-0.1, -0.05) is 47.9 Å². The molecule has 0 bridgehead atoms. The van der Waals surface area contributed by atoms with E-state index in [0.29, 0.717) is 29.6 Å². The molecule has 0 saturated carbocycles. The highest BCUT2D eigenvalue weighted by atomic mass is 32.2. The molecule has 2 aromatic heterocycles. The van der Waals surface area contributed by atoms with Crippen molar-refractivity contribution in [2.24, 2.45) is 0 Å². The summed E-state index contributed by atoms with van der Waals surface area (Å²) in [5.74, 6) is -4.89. The van der Waals surface area contributed by atoms with Crippen LogP contribution in [0.25, 0.3) is 11.0 Å². The quantitative estimate of drug-likeness (QED) is 0.284. The first-order chi connectivity index (χ1) is 20.9. The lowest BCUT2D eigenvalue weighted by molar-refractivity contribution is -0.140. The Hall–Kier alpha value is -3.97. The maximum Gasteiger partial charge on any atom is 0.323 e. The molecule has 0 radical (unpaired) electrons. The molecular weight excluding hydrogens is 673 g/mol.